The predicted octanol–water partition coefficient (Wildman–Crippen LogP) is 4.24. The van der Waals surface area contributed by atoms with Crippen LogP contribution in [0.15, 0.2) is 35.6 Å². The van der Waals surface area contributed by atoms with Crippen LogP contribution in [0.1, 0.15) is 18.9 Å². The quantitative estimate of drug-likeness (QED) is 0.692. The van der Waals surface area contributed by atoms with Crippen molar-refractivity contribution in [2.75, 3.05) is 11.6 Å². The summed E-state index contributed by atoms with van der Waals surface area (Å²) in [6, 6.07) is 4.46. The van der Waals surface area contributed by atoms with Gasteiger partial charge in [0, 0.05) is 29.6 Å². The van der Waals surface area contributed by atoms with E-state index in [1.54, 1.807) is 24.7 Å². The standard InChI is InChI=1S/C16H14F2N4OS/c1-8(23)21-14-5-10-11(6-19-13(10)7-20-14)12-3-9(16(17)18)4-15(22-12)24-2/h3-7,16,19H,1-2H3,(H,20,21,23). The summed E-state index contributed by atoms with van der Waals surface area (Å²) in [5.74, 6) is 0.160. The lowest BCUT2D eigenvalue weighted by molar-refractivity contribution is -0.114. The second kappa shape index (κ2) is 6.56. The van der Waals surface area contributed by atoms with Crippen LogP contribution in [-0.4, -0.2) is 27.1 Å². The van der Waals surface area contributed by atoms with Gasteiger partial charge in [0.15, 0.2) is 0 Å². The van der Waals surface area contributed by atoms with Crippen LogP contribution in [-0.2, 0) is 4.79 Å². The molecule has 0 radical (unpaired) electrons. The first-order valence-electron chi connectivity index (χ1n) is 7.07. The number of hydrogen-bond donors (Lipinski definition) is 2. The summed E-state index contributed by atoms with van der Waals surface area (Å²) in [6.07, 6.45) is 2.50. The highest BCUT2D eigenvalue weighted by atomic mass is 32.2. The minimum Gasteiger partial charge on any atom is -0.359 e. The van der Waals surface area contributed by atoms with Crippen LogP contribution in [0.5, 0.6) is 0 Å². The number of carbonyl (C=O) groups excluding carboxylic acids is 1. The van der Waals surface area contributed by atoms with E-state index in [9.17, 15) is 13.6 Å². The van der Waals surface area contributed by atoms with E-state index < -0.39 is 6.43 Å². The summed E-state index contributed by atoms with van der Waals surface area (Å²) in [5, 5.41) is 3.88. The number of nitrogens with zero attached hydrogens (tertiary/aromatic N) is 2. The Morgan fingerprint density at radius 1 is 1.33 bits per heavy atom. The number of carbonyl (C=O) groups is 1. The summed E-state index contributed by atoms with van der Waals surface area (Å²) in [4.78, 5) is 22.8. The Hall–Kier alpha value is -2.48. The summed E-state index contributed by atoms with van der Waals surface area (Å²) < 4.78 is 26.2. The first kappa shape index (κ1) is 16.4. The largest absolute Gasteiger partial charge is 0.359 e. The van der Waals surface area contributed by atoms with E-state index in [1.807, 2.05) is 0 Å². The van der Waals surface area contributed by atoms with Crippen molar-refractivity contribution in [3.05, 3.63) is 36.2 Å². The molecule has 0 aromatic carbocycles. The van der Waals surface area contributed by atoms with Crippen LogP contribution in [0.4, 0.5) is 14.6 Å². The van der Waals surface area contributed by atoms with Gasteiger partial charge in [-0.3, -0.25) is 4.79 Å². The van der Waals surface area contributed by atoms with Gasteiger partial charge in [0.05, 0.1) is 22.4 Å². The Kier molecular flexibility index (Phi) is 4.48. The highest BCUT2D eigenvalue weighted by Gasteiger charge is 2.15. The first-order chi connectivity index (χ1) is 11.5. The molecule has 124 valence electrons. The summed E-state index contributed by atoms with van der Waals surface area (Å²) in [5.41, 5.74) is 1.78. The molecule has 3 heterocycles. The maximum atomic E-state index is 13.1. The molecule has 3 rings (SSSR count). The molecule has 0 atom stereocenters. The fraction of sp³-hybridized carbons (Fsp3) is 0.188. The number of pyridine rings is 2. The third-order valence-corrected chi connectivity index (χ3v) is 4.06. The smallest absolute Gasteiger partial charge is 0.264 e. The number of halogens is 2. The molecule has 5 nitrogen and oxygen atoms in total. The Morgan fingerprint density at radius 2 is 2.12 bits per heavy atom. The lowest BCUT2D eigenvalue weighted by atomic mass is 10.1. The highest BCUT2D eigenvalue weighted by Crippen LogP contribution is 2.32. The molecule has 0 aliphatic heterocycles. The van der Waals surface area contributed by atoms with Gasteiger partial charge in [-0.25, -0.2) is 18.7 Å². The van der Waals surface area contributed by atoms with Gasteiger partial charge in [-0.2, -0.15) is 0 Å². The van der Waals surface area contributed by atoms with Crippen LogP contribution in [0.2, 0.25) is 0 Å². The summed E-state index contributed by atoms with van der Waals surface area (Å²) >= 11 is 1.30. The molecule has 0 bridgehead atoms. The van der Waals surface area contributed by atoms with Crippen molar-refractivity contribution >= 4 is 34.4 Å². The average molecular weight is 348 g/mol. The van der Waals surface area contributed by atoms with Crippen molar-refractivity contribution in [1.82, 2.24) is 15.0 Å². The number of alkyl halides is 2. The predicted molar refractivity (Wildman–Crippen MR) is 90.4 cm³/mol. The SMILES string of the molecule is CSc1cc(C(F)F)cc(-c2c[nH]c3cnc(NC(C)=O)cc23)n1. The number of nitrogens with one attached hydrogen (secondary N) is 2. The van der Waals surface area contributed by atoms with Crippen molar-refractivity contribution in [2.45, 2.75) is 18.4 Å². The van der Waals surface area contributed by atoms with E-state index in [4.69, 9.17) is 0 Å². The Bertz CT molecular complexity index is 910. The normalized spacial score (nSPS) is 11.2. The Balaban J connectivity index is 2.15. The van der Waals surface area contributed by atoms with Crippen molar-refractivity contribution < 1.29 is 13.6 Å². The molecule has 0 spiro atoms. The van der Waals surface area contributed by atoms with Gasteiger partial charge in [-0.15, -0.1) is 11.8 Å². The van der Waals surface area contributed by atoms with Gasteiger partial charge in [0.1, 0.15) is 5.82 Å². The van der Waals surface area contributed by atoms with Crippen molar-refractivity contribution in [2.24, 2.45) is 0 Å². The summed E-state index contributed by atoms with van der Waals surface area (Å²) in [6.45, 7) is 1.39. The van der Waals surface area contributed by atoms with Crippen molar-refractivity contribution in [1.29, 1.82) is 0 Å². The van der Waals surface area contributed by atoms with E-state index >= 15 is 0 Å². The zero-order valence-corrected chi connectivity index (χ0v) is 13.7. The molecule has 3 aromatic heterocycles. The molecule has 0 aliphatic carbocycles. The molecule has 0 saturated carbocycles. The lowest BCUT2D eigenvalue weighted by Crippen LogP contribution is -2.06. The van der Waals surface area contributed by atoms with Crippen molar-refractivity contribution in [3.63, 3.8) is 0 Å². The number of anilines is 1. The number of rotatable bonds is 4. The monoisotopic (exact) mass is 348 g/mol. The molecule has 0 saturated heterocycles. The van der Waals surface area contributed by atoms with E-state index in [0.29, 0.717) is 22.1 Å². The molecular weight excluding hydrogens is 334 g/mol. The summed E-state index contributed by atoms with van der Waals surface area (Å²) in [7, 11) is 0. The zero-order valence-electron chi connectivity index (χ0n) is 12.9. The number of hydrogen-bond acceptors (Lipinski definition) is 4. The second-order valence-corrected chi connectivity index (χ2v) is 5.95. The van der Waals surface area contributed by atoms with Crippen LogP contribution in [0, 0.1) is 0 Å². The molecular formula is C16H14F2N4OS. The number of fused-ring (bicyclic) bond motifs is 1. The van der Waals surface area contributed by atoms with Crippen molar-refractivity contribution in [3.8, 4) is 11.3 Å². The van der Waals surface area contributed by atoms with Gasteiger partial charge in [0.2, 0.25) is 5.91 Å². The van der Waals surface area contributed by atoms with E-state index in [0.717, 1.165) is 10.9 Å². The van der Waals surface area contributed by atoms with Gasteiger partial charge in [0.25, 0.3) is 6.43 Å². The van der Waals surface area contributed by atoms with Crippen LogP contribution >= 0.6 is 11.8 Å². The molecule has 2 N–H and O–H groups in total. The number of aromatic amines is 1. The maximum Gasteiger partial charge on any atom is 0.264 e. The topological polar surface area (TPSA) is 70.7 Å². The van der Waals surface area contributed by atoms with Gasteiger partial charge >= 0.3 is 0 Å². The fourth-order valence-corrected chi connectivity index (χ4v) is 2.82. The molecule has 3 aromatic rings. The Morgan fingerprint density at radius 3 is 2.79 bits per heavy atom. The van der Waals surface area contributed by atoms with E-state index in [1.165, 1.54) is 30.8 Å². The van der Waals surface area contributed by atoms with Crippen LogP contribution in [0.25, 0.3) is 22.2 Å². The molecule has 8 heteroatoms. The van der Waals surface area contributed by atoms with Gasteiger partial charge in [-0.1, -0.05) is 0 Å². The van der Waals surface area contributed by atoms with E-state index in [2.05, 4.69) is 20.3 Å². The second-order valence-electron chi connectivity index (χ2n) is 5.13. The van der Waals surface area contributed by atoms with Crippen LogP contribution in [0.3, 0.4) is 0 Å². The zero-order chi connectivity index (χ0) is 17.3. The fourth-order valence-electron chi connectivity index (χ4n) is 2.38. The minimum atomic E-state index is -2.57. The number of amides is 1. The highest BCUT2D eigenvalue weighted by molar-refractivity contribution is 7.98. The minimum absolute atomic E-state index is 0.0742. The third kappa shape index (κ3) is 3.23. The number of aromatic nitrogens is 3. The first-order valence-corrected chi connectivity index (χ1v) is 8.29. The van der Waals surface area contributed by atoms with Crippen LogP contribution < -0.4 is 5.32 Å². The average Bonchev–Trinajstić information content (AvgIpc) is 2.97. The molecule has 24 heavy (non-hydrogen) atoms. The Labute approximate surface area is 140 Å². The molecule has 0 fully saturated rings. The van der Waals surface area contributed by atoms with Gasteiger partial charge < -0.3 is 10.3 Å². The molecule has 1 amide bonds. The number of H-pyrrole nitrogens is 1. The van der Waals surface area contributed by atoms with Gasteiger partial charge in [-0.05, 0) is 24.5 Å². The lowest BCUT2D eigenvalue weighted by Gasteiger charge is -2.07. The molecule has 0 unspecified atom stereocenters. The van der Waals surface area contributed by atoms with E-state index in [-0.39, 0.29) is 11.5 Å². The maximum absolute atomic E-state index is 13.1. The molecule has 0 aliphatic rings. The third-order valence-electron chi connectivity index (χ3n) is 3.43. The number of thioether (sulfide) groups is 1.